The average Bonchev–Trinajstić information content (AvgIpc) is 3.23. The molecule has 1 saturated carbocycles. The predicted molar refractivity (Wildman–Crippen MR) is 114 cm³/mol. The molecule has 4 atom stereocenters. The highest BCUT2D eigenvalue weighted by atomic mass is 19.1. The van der Waals surface area contributed by atoms with Gasteiger partial charge in [0.2, 0.25) is 5.96 Å². The zero-order valence-corrected chi connectivity index (χ0v) is 17.4. The maximum absolute atomic E-state index is 13.7. The third-order valence-electron chi connectivity index (χ3n) is 6.46. The van der Waals surface area contributed by atoms with Crippen molar-refractivity contribution < 1.29 is 9.13 Å². The van der Waals surface area contributed by atoms with Crippen molar-refractivity contribution in [2.45, 2.75) is 38.3 Å². The van der Waals surface area contributed by atoms with Gasteiger partial charge in [-0.05, 0) is 49.8 Å². The molecular formula is C22H32FN5O. The molecule has 2 heterocycles. The molecule has 29 heavy (non-hydrogen) atoms. The first kappa shape index (κ1) is 20.3. The first-order valence-corrected chi connectivity index (χ1v) is 10.8. The van der Waals surface area contributed by atoms with Crippen molar-refractivity contribution in [1.29, 1.82) is 0 Å². The zero-order valence-electron chi connectivity index (χ0n) is 17.4. The van der Waals surface area contributed by atoms with Gasteiger partial charge in [0.1, 0.15) is 0 Å². The largest absolute Gasteiger partial charge is 0.494 e. The number of guanidine groups is 1. The minimum Gasteiger partial charge on any atom is -0.494 e. The van der Waals surface area contributed by atoms with Crippen molar-refractivity contribution in [2.75, 3.05) is 39.8 Å². The number of aliphatic imine (C=N–C) groups is 2. The number of hydrogen-bond donors (Lipinski definition) is 2. The second-order valence-electron chi connectivity index (χ2n) is 8.37. The average molecular weight is 402 g/mol. The van der Waals surface area contributed by atoms with Crippen molar-refractivity contribution in [1.82, 2.24) is 15.5 Å². The predicted octanol–water partition coefficient (Wildman–Crippen LogP) is 2.62. The molecule has 1 aliphatic carbocycles. The molecule has 0 spiro atoms. The van der Waals surface area contributed by atoms with Crippen LogP contribution in [0.3, 0.4) is 0 Å². The Hall–Kier alpha value is -1.99. The molecule has 0 aromatic heterocycles. The lowest BCUT2D eigenvalue weighted by Crippen LogP contribution is -2.46. The number of ether oxygens (including phenoxy) is 1. The standard InChI is InChI=1S/C22H32FN5O/c1-15(16-4-6-20(23)21(12-16)29-2)27-19-5-3-17(11-19)18-13-25-22(26-14-18)28-9-7-24-8-10-28/h4,6,12-13,15,17-19,24,27H,3,5,7-11,14H2,1-2H3. The van der Waals surface area contributed by atoms with E-state index in [1.54, 1.807) is 6.07 Å². The molecule has 1 aromatic rings. The van der Waals surface area contributed by atoms with Gasteiger partial charge >= 0.3 is 0 Å². The summed E-state index contributed by atoms with van der Waals surface area (Å²) >= 11 is 0. The van der Waals surface area contributed by atoms with Gasteiger partial charge in [-0.1, -0.05) is 6.07 Å². The maximum Gasteiger partial charge on any atom is 0.220 e. The molecule has 1 aromatic carbocycles. The van der Waals surface area contributed by atoms with Crippen LogP contribution in [-0.2, 0) is 0 Å². The van der Waals surface area contributed by atoms with Gasteiger partial charge in [0, 0.05) is 50.4 Å². The summed E-state index contributed by atoms with van der Waals surface area (Å²) in [6, 6.07) is 5.74. The van der Waals surface area contributed by atoms with E-state index >= 15 is 0 Å². The quantitative estimate of drug-likeness (QED) is 0.796. The van der Waals surface area contributed by atoms with Crippen LogP contribution in [0.4, 0.5) is 4.39 Å². The second-order valence-corrected chi connectivity index (χ2v) is 8.37. The van der Waals surface area contributed by atoms with E-state index in [9.17, 15) is 4.39 Å². The highest BCUT2D eigenvalue weighted by Gasteiger charge is 2.32. The topological polar surface area (TPSA) is 61.2 Å². The number of nitrogens with zero attached hydrogens (tertiary/aromatic N) is 3. The number of piperazine rings is 1. The van der Waals surface area contributed by atoms with Gasteiger partial charge in [0.15, 0.2) is 11.6 Å². The SMILES string of the molecule is COc1cc(C(C)NC2CCC(C3C=NC(N4CCNCC4)=NC3)C2)ccc1F. The van der Waals surface area contributed by atoms with Crippen LogP contribution in [0, 0.1) is 17.7 Å². The fourth-order valence-electron chi connectivity index (χ4n) is 4.71. The summed E-state index contributed by atoms with van der Waals surface area (Å²) in [7, 11) is 1.50. The number of nitrogens with one attached hydrogen (secondary N) is 2. The minimum absolute atomic E-state index is 0.158. The smallest absolute Gasteiger partial charge is 0.220 e. The lowest BCUT2D eigenvalue weighted by atomic mass is 9.91. The lowest BCUT2D eigenvalue weighted by Gasteiger charge is -2.30. The third kappa shape index (κ3) is 4.78. The molecule has 0 amide bonds. The van der Waals surface area contributed by atoms with Gasteiger partial charge < -0.3 is 20.3 Å². The Morgan fingerprint density at radius 1 is 1.28 bits per heavy atom. The summed E-state index contributed by atoms with van der Waals surface area (Å²) in [5.74, 6) is 1.96. The van der Waals surface area contributed by atoms with E-state index in [1.807, 2.05) is 6.07 Å². The van der Waals surface area contributed by atoms with E-state index in [4.69, 9.17) is 14.7 Å². The fraction of sp³-hybridized carbons (Fsp3) is 0.636. The molecule has 3 aliphatic rings. The highest BCUT2D eigenvalue weighted by Crippen LogP contribution is 2.34. The summed E-state index contributed by atoms with van der Waals surface area (Å²) in [6.45, 7) is 6.97. The molecule has 158 valence electrons. The number of benzene rings is 1. The van der Waals surface area contributed by atoms with Crippen LogP contribution in [-0.4, -0.2) is 62.9 Å². The fourth-order valence-corrected chi connectivity index (χ4v) is 4.71. The van der Waals surface area contributed by atoms with Crippen molar-refractivity contribution in [2.24, 2.45) is 21.8 Å². The molecule has 2 N–H and O–H groups in total. The Balaban J connectivity index is 1.28. The third-order valence-corrected chi connectivity index (χ3v) is 6.46. The zero-order chi connectivity index (χ0) is 20.2. The normalized spacial score (nSPS) is 28.3. The molecule has 0 radical (unpaired) electrons. The monoisotopic (exact) mass is 401 g/mol. The van der Waals surface area contributed by atoms with Crippen LogP contribution in [0.5, 0.6) is 5.75 Å². The Morgan fingerprint density at radius 3 is 2.83 bits per heavy atom. The van der Waals surface area contributed by atoms with E-state index in [2.05, 4.69) is 28.7 Å². The van der Waals surface area contributed by atoms with Crippen LogP contribution in [0.2, 0.25) is 0 Å². The van der Waals surface area contributed by atoms with Gasteiger partial charge in [-0.15, -0.1) is 0 Å². The van der Waals surface area contributed by atoms with Crippen LogP contribution in [0.1, 0.15) is 37.8 Å². The molecule has 0 bridgehead atoms. The Labute approximate surface area is 172 Å². The Kier molecular flexibility index (Phi) is 6.45. The van der Waals surface area contributed by atoms with E-state index in [0.29, 0.717) is 23.6 Å². The molecule has 6 nitrogen and oxygen atoms in total. The maximum atomic E-state index is 13.7. The van der Waals surface area contributed by atoms with E-state index < -0.39 is 0 Å². The van der Waals surface area contributed by atoms with Gasteiger partial charge in [-0.25, -0.2) is 9.38 Å². The summed E-state index contributed by atoms with van der Waals surface area (Å²) in [5.41, 5.74) is 1.05. The first-order valence-electron chi connectivity index (χ1n) is 10.8. The van der Waals surface area contributed by atoms with E-state index in [0.717, 1.165) is 57.1 Å². The van der Waals surface area contributed by atoms with Gasteiger partial charge in [0.25, 0.3) is 0 Å². The summed E-state index contributed by atoms with van der Waals surface area (Å²) in [4.78, 5) is 11.8. The lowest BCUT2D eigenvalue weighted by molar-refractivity contribution is 0.348. The minimum atomic E-state index is -0.318. The van der Waals surface area contributed by atoms with Gasteiger partial charge in [-0.3, -0.25) is 4.99 Å². The van der Waals surface area contributed by atoms with Crippen molar-refractivity contribution in [3.05, 3.63) is 29.6 Å². The highest BCUT2D eigenvalue weighted by molar-refractivity contribution is 5.90. The second kappa shape index (κ2) is 9.22. The van der Waals surface area contributed by atoms with Crippen LogP contribution in [0.25, 0.3) is 0 Å². The summed E-state index contributed by atoms with van der Waals surface area (Å²) < 4.78 is 18.8. The molecule has 2 fully saturated rings. The van der Waals surface area contributed by atoms with Crippen LogP contribution in [0.15, 0.2) is 28.2 Å². The first-order chi connectivity index (χ1) is 14.1. The molecule has 4 unspecified atom stereocenters. The number of methoxy groups -OCH3 is 1. The summed E-state index contributed by atoms with van der Waals surface area (Å²) in [6.07, 6.45) is 5.64. The number of rotatable bonds is 5. The van der Waals surface area contributed by atoms with Crippen molar-refractivity contribution in [3.63, 3.8) is 0 Å². The summed E-state index contributed by atoms with van der Waals surface area (Å²) in [5, 5.41) is 7.09. The molecule has 2 aliphatic heterocycles. The van der Waals surface area contributed by atoms with Crippen LogP contribution >= 0.6 is 0 Å². The van der Waals surface area contributed by atoms with E-state index in [1.165, 1.54) is 19.6 Å². The molecule has 1 saturated heterocycles. The van der Waals surface area contributed by atoms with Gasteiger partial charge in [0.05, 0.1) is 13.7 Å². The van der Waals surface area contributed by atoms with Crippen LogP contribution < -0.4 is 15.4 Å². The van der Waals surface area contributed by atoms with Gasteiger partial charge in [-0.2, -0.15) is 0 Å². The van der Waals surface area contributed by atoms with Crippen molar-refractivity contribution >= 4 is 12.2 Å². The number of hydrogen-bond acceptors (Lipinski definition) is 6. The number of halogens is 1. The van der Waals surface area contributed by atoms with E-state index in [-0.39, 0.29) is 11.9 Å². The molecule has 7 heteroatoms. The molecule has 4 rings (SSSR count). The molecular weight excluding hydrogens is 369 g/mol. The Bertz CT molecular complexity index is 762. The Morgan fingerprint density at radius 2 is 2.10 bits per heavy atom. The van der Waals surface area contributed by atoms with Crippen molar-refractivity contribution in [3.8, 4) is 5.75 Å².